The second kappa shape index (κ2) is 5.77. The van der Waals surface area contributed by atoms with Crippen molar-refractivity contribution in [2.45, 2.75) is 32.5 Å². The number of hydrogen-bond donors (Lipinski definition) is 3. The minimum absolute atomic E-state index is 0.130. The molecule has 0 saturated carbocycles. The van der Waals surface area contributed by atoms with Crippen LogP contribution in [0, 0.1) is 5.41 Å². The molecule has 1 saturated heterocycles. The van der Waals surface area contributed by atoms with Crippen LogP contribution in [0.1, 0.15) is 20.3 Å². The van der Waals surface area contributed by atoms with E-state index in [1.165, 1.54) is 0 Å². The molecule has 2 amide bonds. The number of alkyl halides is 3. The lowest BCUT2D eigenvalue weighted by Crippen LogP contribution is -2.54. The number of amides is 2. The molecular weight excluding hydrogens is 263 g/mol. The zero-order valence-electron chi connectivity index (χ0n) is 10.9. The summed E-state index contributed by atoms with van der Waals surface area (Å²) in [5.41, 5.74) is -2.43. The van der Waals surface area contributed by atoms with Crippen LogP contribution in [0.3, 0.4) is 0 Å². The van der Waals surface area contributed by atoms with Gasteiger partial charge < -0.3 is 16.0 Å². The number of hydrogen-bond acceptors (Lipinski definition) is 3. The van der Waals surface area contributed by atoms with Crippen molar-refractivity contribution < 1.29 is 22.8 Å². The number of halogens is 3. The molecule has 0 aromatic heterocycles. The molecule has 1 unspecified atom stereocenters. The van der Waals surface area contributed by atoms with Crippen molar-refractivity contribution in [1.82, 2.24) is 16.0 Å². The topological polar surface area (TPSA) is 70.2 Å². The SMILES string of the molecule is CC(C)NC(=O)CNC(=O)C1(C(F)(F)F)CCNC1. The molecule has 0 aliphatic carbocycles. The van der Waals surface area contributed by atoms with Crippen LogP contribution in [0.2, 0.25) is 0 Å². The number of carbonyl (C=O) groups excluding carboxylic acids is 2. The summed E-state index contributed by atoms with van der Waals surface area (Å²) in [6.45, 7) is 2.67. The number of rotatable bonds is 4. The second-order valence-corrected chi connectivity index (χ2v) is 4.91. The summed E-state index contributed by atoms with van der Waals surface area (Å²) in [5, 5.41) is 7.09. The van der Waals surface area contributed by atoms with Crippen molar-refractivity contribution >= 4 is 11.8 Å². The summed E-state index contributed by atoms with van der Waals surface area (Å²) < 4.78 is 39.0. The Kier molecular flexibility index (Phi) is 4.78. The molecule has 110 valence electrons. The van der Waals surface area contributed by atoms with Gasteiger partial charge in [-0.25, -0.2) is 0 Å². The highest BCUT2D eigenvalue weighted by molar-refractivity contribution is 5.88. The van der Waals surface area contributed by atoms with Gasteiger partial charge in [0.15, 0.2) is 5.41 Å². The van der Waals surface area contributed by atoms with E-state index in [0.29, 0.717) is 0 Å². The summed E-state index contributed by atoms with van der Waals surface area (Å²) in [4.78, 5) is 23.1. The summed E-state index contributed by atoms with van der Waals surface area (Å²) in [5.74, 6) is -1.66. The van der Waals surface area contributed by atoms with Crippen molar-refractivity contribution in [3.05, 3.63) is 0 Å². The molecule has 1 heterocycles. The van der Waals surface area contributed by atoms with E-state index >= 15 is 0 Å². The molecule has 1 aliphatic rings. The quantitative estimate of drug-likeness (QED) is 0.688. The fourth-order valence-electron chi connectivity index (χ4n) is 1.96. The lowest BCUT2D eigenvalue weighted by molar-refractivity contribution is -0.216. The Balaban J connectivity index is 2.63. The number of nitrogens with one attached hydrogen (secondary N) is 3. The molecule has 0 radical (unpaired) electrons. The van der Waals surface area contributed by atoms with E-state index in [2.05, 4.69) is 16.0 Å². The first-order valence-corrected chi connectivity index (χ1v) is 6.04. The zero-order valence-corrected chi connectivity index (χ0v) is 10.9. The van der Waals surface area contributed by atoms with Crippen LogP contribution in [-0.2, 0) is 9.59 Å². The van der Waals surface area contributed by atoms with E-state index in [1.807, 2.05) is 0 Å². The molecule has 3 N–H and O–H groups in total. The van der Waals surface area contributed by atoms with E-state index in [0.717, 1.165) is 0 Å². The predicted octanol–water partition coefficient (Wildman–Crippen LogP) is 0.169. The van der Waals surface area contributed by atoms with Crippen LogP contribution >= 0.6 is 0 Å². The smallest absolute Gasteiger partial charge is 0.352 e. The monoisotopic (exact) mass is 281 g/mol. The molecule has 1 aliphatic heterocycles. The third kappa shape index (κ3) is 3.59. The molecule has 1 fully saturated rings. The Morgan fingerprint density at radius 1 is 1.37 bits per heavy atom. The van der Waals surface area contributed by atoms with Gasteiger partial charge in [-0.2, -0.15) is 13.2 Å². The fourth-order valence-corrected chi connectivity index (χ4v) is 1.96. The maximum atomic E-state index is 13.0. The van der Waals surface area contributed by atoms with Gasteiger partial charge in [-0.1, -0.05) is 0 Å². The first-order chi connectivity index (χ1) is 8.69. The molecule has 0 spiro atoms. The molecule has 19 heavy (non-hydrogen) atoms. The maximum Gasteiger partial charge on any atom is 0.404 e. The van der Waals surface area contributed by atoms with Gasteiger partial charge in [0.2, 0.25) is 11.8 Å². The average Bonchev–Trinajstić information content (AvgIpc) is 2.74. The minimum Gasteiger partial charge on any atom is -0.352 e. The van der Waals surface area contributed by atoms with E-state index in [9.17, 15) is 22.8 Å². The number of carbonyl (C=O) groups is 2. The van der Waals surface area contributed by atoms with Crippen LogP contribution < -0.4 is 16.0 Å². The highest BCUT2D eigenvalue weighted by atomic mass is 19.4. The van der Waals surface area contributed by atoms with Crippen LogP contribution in [0.25, 0.3) is 0 Å². The molecule has 0 aromatic rings. The van der Waals surface area contributed by atoms with Crippen LogP contribution in [0.15, 0.2) is 0 Å². The second-order valence-electron chi connectivity index (χ2n) is 4.91. The Hall–Kier alpha value is -1.31. The lowest BCUT2D eigenvalue weighted by atomic mass is 9.85. The van der Waals surface area contributed by atoms with Crippen LogP contribution in [0.4, 0.5) is 13.2 Å². The minimum atomic E-state index is -4.63. The van der Waals surface area contributed by atoms with E-state index in [-0.39, 0.29) is 19.0 Å². The summed E-state index contributed by atoms with van der Waals surface area (Å²) in [6, 6.07) is -0.130. The van der Waals surface area contributed by atoms with Crippen molar-refractivity contribution in [3.8, 4) is 0 Å². The van der Waals surface area contributed by atoms with Gasteiger partial charge in [0, 0.05) is 12.6 Å². The summed E-state index contributed by atoms with van der Waals surface area (Å²) in [7, 11) is 0. The lowest BCUT2D eigenvalue weighted by Gasteiger charge is -2.29. The predicted molar refractivity (Wildman–Crippen MR) is 62.3 cm³/mol. The zero-order chi connectivity index (χ0) is 14.7. The van der Waals surface area contributed by atoms with Gasteiger partial charge in [-0.15, -0.1) is 0 Å². The van der Waals surface area contributed by atoms with Gasteiger partial charge in [-0.05, 0) is 26.8 Å². The van der Waals surface area contributed by atoms with Crippen molar-refractivity contribution in [3.63, 3.8) is 0 Å². The highest BCUT2D eigenvalue weighted by Gasteiger charge is 2.61. The molecule has 8 heteroatoms. The molecular formula is C11H18F3N3O2. The third-order valence-corrected chi connectivity index (χ3v) is 2.99. The molecule has 1 rings (SSSR count). The Morgan fingerprint density at radius 2 is 2.00 bits per heavy atom. The molecule has 5 nitrogen and oxygen atoms in total. The van der Waals surface area contributed by atoms with E-state index in [1.54, 1.807) is 13.8 Å². The van der Waals surface area contributed by atoms with Crippen molar-refractivity contribution in [2.75, 3.05) is 19.6 Å². The van der Waals surface area contributed by atoms with Gasteiger partial charge in [0.05, 0.1) is 6.54 Å². The average molecular weight is 281 g/mol. The van der Waals surface area contributed by atoms with E-state index in [4.69, 9.17) is 0 Å². The fraction of sp³-hybridized carbons (Fsp3) is 0.818. The van der Waals surface area contributed by atoms with Gasteiger partial charge in [-0.3, -0.25) is 9.59 Å². The Morgan fingerprint density at radius 3 is 2.42 bits per heavy atom. The van der Waals surface area contributed by atoms with Gasteiger partial charge >= 0.3 is 6.18 Å². The van der Waals surface area contributed by atoms with Crippen molar-refractivity contribution in [2.24, 2.45) is 5.41 Å². The Labute approximate surface area is 109 Å². The Bertz CT molecular complexity index is 350. The molecule has 0 bridgehead atoms. The van der Waals surface area contributed by atoms with Gasteiger partial charge in [0.25, 0.3) is 0 Å². The molecule has 0 aromatic carbocycles. The normalized spacial score (nSPS) is 23.5. The largest absolute Gasteiger partial charge is 0.404 e. The van der Waals surface area contributed by atoms with Gasteiger partial charge in [0.1, 0.15) is 0 Å². The third-order valence-electron chi connectivity index (χ3n) is 2.99. The first-order valence-electron chi connectivity index (χ1n) is 6.04. The first kappa shape index (κ1) is 15.7. The van der Waals surface area contributed by atoms with Crippen LogP contribution in [0.5, 0.6) is 0 Å². The standard InChI is InChI=1S/C11H18F3N3O2/c1-7(2)17-8(18)5-16-9(19)10(11(12,13)14)3-4-15-6-10/h7,15H,3-6H2,1-2H3,(H,16,19)(H,17,18). The summed E-state index contributed by atoms with van der Waals surface area (Å²) >= 11 is 0. The van der Waals surface area contributed by atoms with E-state index < -0.39 is 36.5 Å². The summed E-state index contributed by atoms with van der Waals surface area (Å²) in [6.07, 6.45) is -4.94. The molecule has 1 atom stereocenters. The van der Waals surface area contributed by atoms with Crippen molar-refractivity contribution in [1.29, 1.82) is 0 Å². The maximum absolute atomic E-state index is 13.0. The highest BCUT2D eigenvalue weighted by Crippen LogP contribution is 2.43. The van der Waals surface area contributed by atoms with Crippen LogP contribution in [-0.4, -0.2) is 43.7 Å².